The Morgan fingerprint density at radius 2 is 1.59 bits per heavy atom. The van der Waals surface area contributed by atoms with Gasteiger partial charge in [0.1, 0.15) is 5.60 Å². The number of ether oxygens (including phenoxy) is 2. The van der Waals surface area contributed by atoms with Crippen molar-refractivity contribution in [3.05, 3.63) is 53.6 Å². The van der Waals surface area contributed by atoms with Crippen LogP contribution in [0.3, 0.4) is 0 Å². The van der Waals surface area contributed by atoms with Crippen molar-refractivity contribution in [3.8, 4) is 0 Å². The number of hydrogen-bond donors (Lipinski definition) is 1. The molecule has 1 aromatic carbocycles. The highest BCUT2D eigenvalue weighted by molar-refractivity contribution is 5.90. The zero-order chi connectivity index (χ0) is 39.6. The van der Waals surface area contributed by atoms with Crippen molar-refractivity contribution in [2.45, 2.75) is 132 Å². The normalized spacial score (nSPS) is 36.6. The van der Waals surface area contributed by atoms with Crippen LogP contribution in [0.4, 0.5) is 4.79 Å². The molecule has 4 saturated carbocycles. The highest BCUT2D eigenvalue weighted by Crippen LogP contribution is 2.77. The molecule has 5 aliphatic carbocycles. The molecule has 0 saturated heterocycles. The standard InChI is InChI=1S/C47H70N2O5/c1-30(2)33-20-25-47(40(51)48-28-13-29-49(11)41(52)54-42(3,4)5)27-26-45(9)35(38(33)47)18-19-37-44(8)23-21-34(31-14-16-32(17-15-31)39(50)53-12)43(6,7)36(44)22-24-46(37,45)10/h14-17,21,33,35-38H,1,13,18-20,22-29H2,2-12H3,(H,48,51)/t33-,35+,36-,37+,38+,44-,45+,46+,47-/m0/s1. The highest BCUT2D eigenvalue weighted by Gasteiger charge is 2.71. The van der Waals surface area contributed by atoms with Gasteiger partial charge < -0.3 is 19.7 Å². The average Bonchev–Trinajstić information content (AvgIpc) is 3.50. The van der Waals surface area contributed by atoms with Crippen LogP contribution < -0.4 is 5.32 Å². The summed E-state index contributed by atoms with van der Waals surface area (Å²) in [4.78, 5) is 40.8. The monoisotopic (exact) mass is 743 g/mol. The first-order chi connectivity index (χ1) is 25.2. The summed E-state index contributed by atoms with van der Waals surface area (Å²) < 4.78 is 10.5. The van der Waals surface area contributed by atoms with Gasteiger partial charge >= 0.3 is 12.1 Å². The van der Waals surface area contributed by atoms with Crippen molar-refractivity contribution in [2.75, 3.05) is 27.2 Å². The Hall–Kier alpha value is -3.09. The van der Waals surface area contributed by atoms with Crippen molar-refractivity contribution in [3.63, 3.8) is 0 Å². The van der Waals surface area contributed by atoms with Crippen molar-refractivity contribution >= 4 is 23.5 Å². The fourth-order valence-corrected chi connectivity index (χ4v) is 13.7. The Bertz CT molecular complexity index is 1670. The van der Waals surface area contributed by atoms with E-state index in [1.165, 1.54) is 49.5 Å². The van der Waals surface area contributed by atoms with Gasteiger partial charge in [-0.1, -0.05) is 65.0 Å². The van der Waals surface area contributed by atoms with Crippen LogP contribution in [0.5, 0.6) is 0 Å². The van der Waals surface area contributed by atoms with E-state index in [1.807, 2.05) is 32.9 Å². The van der Waals surface area contributed by atoms with Crippen molar-refractivity contribution in [1.29, 1.82) is 0 Å². The van der Waals surface area contributed by atoms with E-state index in [0.717, 1.165) is 32.1 Å². The lowest BCUT2D eigenvalue weighted by molar-refractivity contribution is -0.225. The predicted molar refractivity (Wildman–Crippen MR) is 217 cm³/mol. The molecule has 0 spiro atoms. The second-order valence-corrected chi connectivity index (χ2v) is 20.5. The van der Waals surface area contributed by atoms with E-state index in [1.54, 1.807) is 11.9 Å². The average molecular weight is 743 g/mol. The van der Waals surface area contributed by atoms with Crippen LogP contribution in [-0.4, -0.2) is 55.7 Å². The minimum Gasteiger partial charge on any atom is -0.465 e. The maximum Gasteiger partial charge on any atom is 0.410 e. The second-order valence-electron chi connectivity index (χ2n) is 20.5. The molecular formula is C47H70N2O5. The van der Waals surface area contributed by atoms with E-state index in [0.29, 0.717) is 54.7 Å². The lowest BCUT2D eigenvalue weighted by Gasteiger charge is -2.72. The van der Waals surface area contributed by atoms with Crippen LogP contribution in [0, 0.1) is 56.7 Å². The number of carbonyl (C=O) groups is 3. The zero-order valence-corrected chi connectivity index (χ0v) is 35.5. The summed E-state index contributed by atoms with van der Waals surface area (Å²) in [6.45, 7) is 26.3. The number of carbonyl (C=O) groups excluding carboxylic acids is 3. The zero-order valence-electron chi connectivity index (χ0n) is 35.5. The number of fused-ring (bicyclic) bond motifs is 7. The third kappa shape index (κ3) is 6.45. The van der Waals surface area contributed by atoms with Gasteiger partial charge in [0, 0.05) is 20.1 Å². The Morgan fingerprint density at radius 3 is 2.22 bits per heavy atom. The first kappa shape index (κ1) is 40.6. The number of nitrogens with zero attached hydrogens (tertiary/aromatic N) is 1. The lowest BCUT2D eigenvalue weighted by Crippen LogP contribution is -2.66. The van der Waals surface area contributed by atoms with E-state index in [9.17, 15) is 14.4 Å². The summed E-state index contributed by atoms with van der Waals surface area (Å²) in [6, 6.07) is 8.02. The van der Waals surface area contributed by atoms with E-state index in [2.05, 4.69) is 71.6 Å². The summed E-state index contributed by atoms with van der Waals surface area (Å²) in [5, 5.41) is 3.40. The lowest BCUT2D eigenvalue weighted by atomic mass is 9.32. The first-order valence-corrected chi connectivity index (χ1v) is 20.9. The van der Waals surface area contributed by atoms with Crippen LogP contribution in [-0.2, 0) is 14.3 Å². The Kier molecular flexibility index (Phi) is 10.6. The highest BCUT2D eigenvalue weighted by atomic mass is 16.6. The van der Waals surface area contributed by atoms with Crippen molar-refractivity contribution in [2.24, 2.45) is 56.7 Å². The molecule has 298 valence electrons. The van der Waals surface area contributed by atoms with Crippen molar-refractivity contribution < 1.29 is 23.9 Å². The van der Waals surface area contributed by atoms with Crippen LogP contribution in [0.15, 0.2) is 42.5 Å². The fourth-order valence-electron chi connectivity index (χ4n) is 13.7. The third-order valence-electron chi connectivity index (χ3n) is 16.4. The van der Waals surface area contributed by atoms with Gasteiger partial charge in [-0.3, -0.25) is 4.79 Å². The minimum absolute atomic E-state index is 0.00309. The van der Waals surface area contributed by atoms with Gasteiger partial charge in [-0.2, -0.15) is 0 Å². The van der Waals surface area contributed by atoms with Crippen LogP contribution in [0.25, 0.3) is 5.57 Å². The van der Waals surface area contributed by atoms with E-state index >= 15 is 0 Å². The first-order valence-electron chi connectivity index (χ1n) is 20.9. The van der Waals surface area contributed by atoms with Crippen LogP contribution in [0.1, 0.15) is 142 Å². The van der Waals surface area contributed by atoms with Gasteiger partial charge in [0.05, 0.1) is 18.1 Å². The molecule has 4 fully saturated rings. The van der Waals surface area contributed by atoms with E-state index in [4.69, 9.17) is 9.47 Å². The number of esters is 1. The third-order valence-corrected chi connectivity index (χ3v) is 16.4. The molecule has 7 nitrogen and oxygen atoms in total. The summed E-state index contributed by atoms with van der Waals surface area (Å²) in [5.74, 6) is 2.26. The molecule has 6 rings (SSSR count). The van der Waals surface area contributed by atoms with Gasteiger partial charge in [-0.25, -0.2) is 9.59 Å². The predicted octanol–water partition coefficient (Wildman–Crippen LogP) is 10.5. The molecule has 0 aromatic heterocycles. The number of hydrogen-bond acceptors (Lipinski definition) is 5. The minimum atomic E-state index is -0.533. The van der Waals surface area contributed by atoms with Gasteiger partial charge in [-0.05, 0) is 166 Å². The maximum absolute atomic E-state index is 14.5. The van der Waals surface area contributed by atoms with E-state index < -0.39 is 5.60 Å². The fraction of sp³-hybridized carbons (Fsp3) is 0.723. The van der Waals surface area contributed by atoms with Crippen LogP contribution in [0.2, 0.25) is 0 Å². The molecule has 0 unspecified atom stereocenters. The van der Waals surface area contributed by atoms with Gasteiger partial charge in [0.15, 0.2) is 0 Å². The number of nitrogens with one attached hydrogen (secondary N) is 1. The number of rotatable bonds is 8. The molecule has 0 aliphatic heterocycles. The summed E-state index contributed by atoms with van der Waals surface area (Å²) in [7, 11) is 3.20. The molecular weight excluding hydrogens is 673 g/mol. The molecule has 1 aromatic rings. The topological polar surface area (TPSA) is 84.9 Å². The number of methoxy groups -OCH3 is 1. The Balaban J connectivity index is 1.22. The molecule has 9 atom stereocenters. The van der Waals surface area contributed by atoms with Gasteiger partial charge in [0.2, 0.25) is 5.91 Å². The van der Waals surface area contributed by atoms with Crippen LogP contribution >= 0.6 is 0 Å². The number of amides is 2. The number of allylic oxidation sites excluding steroid dienone is 3. The molecule has 0 bridgehead atoms. The van der Waals surface area contributed by atoms with Gasteiger partial charge in [-0.15, -0.1) is 0 Å². The SMILES string of the molecule is C=C(C)[C@@H]1CC[C@]2(C(=O)NCCCN(C)C(=O)OC(C)(C)C)CC[C@]3(C)[C@H](CC[C@@H]4[C@@]5(C)CC=C(c6ccc(C(=O)OC)cc6)C(C)(C)[C@@H]5CC[C@]43C)[C@@H]12. The quantitative estimate of drug-likeness (QED) is 0.163. The molecule has 0 radical (unpaired) electrons. The Morgan fingerprint density at radius 1 is 0.907 bits per heavy atom. The molecule has 2 amide bonds. The van der Waals surface area contributed by atoms with E-state index in [-0.39, 0.29) is 45.0 Å². The van der Waals surface area contributed by atoms with Crippen molar-refractivity contribution in [1.82, 2.24) is 10.2 Å². The maximum atomic E-state index is 14.5. The molecule has 1 N–H and O–H groups in total. The number of benzene rings is 1. The van der Waals surface area contributed by atoms with Gasteiger partial charge in [0.25, 0.3) is 0 Å². The molecule has 0 heterocycles. The second kappa shape index (κ2) is 14.1. The summed E-state index contributed by atoms with van der Waals surface area (Å²) >= 11 is 0. The summed E-state index contributed by atoms with van der Waals surface area (Å²) in [5.41, 5.74) is 4.06. The molecule has 54 heavy (non-hydrogen) atoms. The smallest absolute Gasteiger partial charge is 0.410 e. The largest absolute Gasteiger partial charge is 0.465 e. The molecule has 5 aliphatic rings. The summed E-state index contributed by atoms with van der Waals surface area (Å²) in [6.07, 6.45) is 12.8. The molecule has 7 heteroatoms. The Labute approximate surface area is 326 Å².